The summed E-state index contributed by atoms with van der Waals surface area (Å²) in [6.07, 6.45) is 4.34. The molecule has 0 aliphatic carbocycles. The highest BCUT2D eigenvalue weighted by molar-refractivity contribution is 7.10. The van der Waals surface area contributed by atoms with Crippen LogP contribution >= 0.6 is 11.3 Å². The minimum atomic E-state index is -0.992. The molecule has 0 aliphatic heterocycles. The van der Waals surface area contributed by atoms with E-state index >= 15 is 0 Å². The molecular weight excluding hydrogens is 188 g/mol. The summed E-state index contributed by atoms with van der Waals surface area (Å²) in [6.45, 7) is 0.567. The third kappa shape index (κ3) is 2.64. The number of rotatable bonds is 4. The Kier molecular flexibility index (Phi) is 3.60. The number of hydrogen-bond acceptors (Lipinski definition) is 4. The van der Waals surface area contributed by atoms with Gasteiger partial charge in [0.25, 0.3) is 0 Å². The second kappa shape index (κ2) is 4.74. The molecular formula is C8H10N2O2S. The molecule has 0 radical (unpaired) electrons. The quantitative estimate of drug-likeness (QED) is 0.762. The molecule has 0 atom stereocenters. The lowest BCUT2D eigenvalue weighted by Crippen LogP contribution is -1.98. The van der Waals surface area contributed by atoms with Gasteiger partial charge in [0.15, 0.2) is 5.69 Å². The van der Waals surface area contributed by atoms with Crippen LogP contribution in [0.5, 0.6) is 0 Å². The average Bonchev–Trinajstić information content (AvgIpc) is 2.53. The van der Waals surface area contributed by atoms with Gasteiger partial charge in [0, 0.05) is 0 Å². The number of carboxylic acids is 1. The van der Waals surface area contributed by atoms with Gasteiger partial charge in [-0.1, -0.05) is 6.08 Å². The summed E-state index contributed by atoms with van der Waals surface area (Å²) >= 11 is 1.31. The summed E-state index contributed by atoms with van der Waals surface area (Å²) in [5, 5.41) is 8.70. The fourth-order valence-corrected chi connectivity index (χ4v) is 1.52. The molecule has 1 rings (SSSR count). The number of carbonyl (C=O) groups is 1. The molecule has 4 nitrogen and oxygen atoms in total. The number of hydrogen-bond donors (Lipinski definition) is 2. The normalized spacial score (nSPS) is 10.8. The third-order valence-corrected chi connectivity index (χ3v) is 2.19. The van der Waals surface area contributed by atoms with Gasteiger partial charge in [-0.25, -0.2) is 9.78 Å². The van der Waals surface area contributed by atoms with Crippen LogP contribution in [0.3, 0.4) is 0 Å². The smallest absolute Gasteiger partial charge is 0.356 e. The van der Waals surface area contributed by atoms with E-state index < -0.39 is 5.97 Å². The number of aromatic nitrogens is 1. The fourth-order valence-electron chi connectivity index (χ4n) is 0.821. The van der Waals surface area contributed by atoms with E-state index in [9.17, 15) is 4.79 Å². The SMILES string of the molecule is NCCC=Cc1scnc1C(=O)O. The van der Waals surface area contributed by atoms with Gasteiger partial charge in [0.2, 0.25) is 0 Å². The van der Waals surface area contributed by atoms with Crippen molar-refractivity contribution in [2.75, 3.05) is 6.54 Å². The lowest BCUT2D eigenvalue weighted by atomic mass is 10.3. The van der Waals surface area contributed by atoms with Gasteiger partial charge in [0.1, 0.15) is 0 Å². The first kappa shape index (κ1) is 9.88. The summed E-state index contributed by atoms with van der Waals surface area (Å²) in [5.74, 6) is -0.992. The molecule has 0 fully saturated rings. The van der Waals surface area contributed by atoms with Crippen LogP contribution in [0.4, 0.5) is 0 Å². The molecule has 1 aromatic rings. The fraction of sp³-hybridized carbons (Fsp3) is 0.250. The summed E-state index contributed by atoms with van der Waals surface area (Å²) in [4.78, 5) is 15.0. The first-order valence-electron chi connectivity index (χ1n) is 3.79. The summed E-state index contributed by atoms with van der Waals surface area (Å²) in [7, 11) is 0. The van der Waals surface area contributed by atoms with Crippen LogP contribution in [0.2, 0.25) is 0 Å². The highest BCUT2D eigenvalue weighted by Crippen LogP contribution is 2.15. The van der Waals surface area contributed by atoms with Crippen molar-refractivity contribution in [2.45, 2.75) is 6.42 Å². The third-order valence-electron chi connectivity index (χ3n) is 1.40. The maximum absolute atomic E-state index is 10.6. The summed E-state index contributed by atoms with van der Waals surface area (Å²) in [6, 6.07) is 0. The maximum atomic E-state index is 10.6. The molecule has 0 amide bonds. The molecule has 5 heteroatoms. The molecule has 3 N–H and O–H groups in total. The molecule has 0 spiro atoms. The van der Waals surface area contributed by atoms with Crippen molar-refractivity contribution in [3.63, 3.8) is 0 Å². The molecule has 13 heavy (non-hydrogen) atoms. The van der Waals surface area contributed by atoms with Crippen molar-refractivity contribution < 1.29 is 9.90 Å². The monoisotopic (exact) mass is 198 g/mol. The Labute approximate surface area is 79.7 Å². The van der Waals surface area contributed by atoms with E-state index in [1.165, 1.54) is 16.8 Å². The minimum Gasteiger partial charge on any atom is -0.476 e. The van der Waals surface area contributed by atoms with E-state index in [0.717, 1.165) is 6.42 Å². The topological polar surface area (TPSA) is 76.2 Å². The lowest BCUT2D eigenvalue weighted by molar-refractivity contribution is 0.0691. The second-order valence-electron chi connectivity index (χ2n) is 2.35. The zero-order valence-electron chi connectivity index (χ0n) is 6.93. The van der Waals surface area contributed by atoms with E-state index in [0.29, 0.717) is 11.4 Å². The standard InChI is InChI=1S/C8H10N2O2S/c9-4-2-1-3-6-7(8(11)12)10-5-13-6/h1,3,5H,2,4,9H2,(H,11,12). The van der Waals surface area contributed by atoms with Crippen molar-refractivity contribution in [1.82, 2.24) is 4.98 Å². The van der Waals surface area contributed by atoms with Gasteiger partial charge in [-0.3, -0.25) is 0 Å². The number of aromatic carboxylic acids is 1. The lowest BCUT2D eigenvalue weighted by Gasteiger charge is -1.89. The molecule has 0 saturated carbocycles. The second-order valence-corrected chi connectivity index (χ2v) is 3.24. The first-order chi connectivity index (χ1) is 6.25. The number of nitrogens with zero attached hydrogens (tertiary/aromatic N) is 1. The molecule has 0 aromatic carbocycles. The Balaban J connectivity index is 2.76. The number of thiazole rings is 1. The molecule has 0 saturated heterocycles. The van der Waals surface area contributed by atoms with Crippen LogP contribution in [0.1, 0.15) is 21.8 Å². The molecule has 0 bridgehead atoms. The van der Waals surface area contributed by atoms with E-state index in [4.69, 9.17) is 10.8 Å². The van der Waals surface area contributed by atoms with Crippen molar-refractivity contribution in [2.24, 2.45) is 5.73 Å². The van der Waals surface area contributed by atoms with Gasteiger partial charge in [0.05, 0.1) is 10.4 Å². The van der Waals surface area contributed by atoms with E-state index in [-0.39, 0.29) is 5.69 Å². The molecule has 1 aromatic heterocycles. The maximum Gasteiger partial charge on any atom is 0.356 e. The van der Waals surface area contributed by atoms with Gasteiger partial charge < -0.3 is 10.8 Å². The van der Waals surface area contributed by atoms with Gasteiger partial charge in [-0.05, 0) is 19.0 Å². The first-order valence-corrected chi connectivity index (χ1v) is 4.67. The van der Waals surface area contributed by atoms with Crippen LogP contribution in [0, 0.1) is 0 Å². The molecule has 1 heterocycles. The Bertz CT molecular complexity index is 320. The van der Waals surface area contributed by atoms with Crippen LogP contribution in [-0.4, -0.2) is 22.6 Å². The Hall–Kier alpha value is -1.20. The summed E-state index contributed by atoms with van der Waals surface area (Å²) in [5.41, 5.74) is 6.91. The van der Waals surface area contributed by atoms with E-state index in [1.54, 1.807) is 6.08 Å². The molecule has 0 aliphatic rings. The van der Waals surface area contributed by atoms with E-state index in [1.807, 2.05) is 6.08 Å². The van der Waals surface area contributed by atoms with Gasteiger partial charge in [-0.2, -0.15) is 0 Å². The van der Waals surface area contributed by atoms with Crippen LogP contribution < -0.4 is 5.73 Å². The Morgan fingerprint density at radius 2 is 2.54 bits per heavy atom. The van der Waals surface area contributed by atoms with Crippen molar-refractivity contribution in [1.29, 1.82) is 0 Å². The van der Waals surface area contributed by atoms with Crippen molar-refractivity contribution >= 4 is 23.4 Å². The Morgan fingerprint density at radius 3 is 3.15 bits per heavy atom. The van der Waals surface area contributed by atoms with Gasteiger partial charge >= 0.3 is 5.97 Å². The minimum absolute atomic E-state index is 0.110. The van der Waals surface area contributed by atoms with Crippen LogP contribution in [0.15, 0.2) is 11.6 Å². The molecule has 70 valence electrons. The van der Waals surface area contributed by atoms with Crippen LogP contribution in [-0.2, 0) is 0 Å². The number of carboxylic acid groups (broad SMARTS) is 1. The van der Waals surface area contributed by atoms with E-state index in [2.05, 4.69) is 4.98 Å². The predicted octanol–water partition coefficient (Wildman–Crippen LogP) is 1.20. The zero-order valence-corrected chi connectivity index (χ0v) is 7.75. The van der Waals surface area contributed by atoms with Gasteiger partial charge in [-0.15, -0.1) is 11.3 Å². The highest BCUT2D eigenvalue weighted by Gasteiger charge is 2.09. The summed E-state index contributed by atoms with van der Waals surface area (Å²) < 4.78 is 0. The average molecular weight is 198 g/mol. The highest BCUT2D eigenvalue weighted by atomic mass is 32.1. The largest absolute Gasteiger partial charge is 0.476 e. The van der Waals surface area contributed by atoms with Crippen LogP contribution in [0.25, 0.3) is 6.08 Å². The Morgan fingerprint density at radius 1 is 1.77 bits per heavy atom. The van der Waals surface area contributed by atoms with Crippen molar-refractivity contribution in [3.8, 4) is 0 Å². The number of nitrogens with two attached hydrogens (primary N) is 1. The van der Waals surface area contributed by atoms with Crippen molar-refractivity contribution in [3.05, 3.63) is 22.2 Å². The molecule has 0 unspecified atom stereocenters. The zero-order chi connectivity index (χ0) is 9.68. The predicted molar refractivity (Wildman–Crippen MR) is 51.8 cm³/mol.